The quantitative estimate of drug-likeness (QED) is 0.925. The maximum atomic E-state index is 12.8. The Kier molecular flexibility index (Phi) is 5.09. The largest absolute Gasteiger partial charge is 0.416 e. The number of alkyl halides is 3. The Morgan fingerprint density at radius 3 is 2.67 bits per heavy atom. The van der Waals surface area contributed by atoms with Crippen LogP contribution in [0.3, 0.4) is 0 Å². The van der Waals surface area contributed by atoms with Gasteiger partial charge in [0.15, 0.2) is 0 Å². The van der Waals surface area contributed by atoms with Crippen molar-refractivity contribution in [3.63, 3.8) is 0 Å². The maximum absolute atomic E-state index is 12.8. The highest BCUT2D eigenvalue weighted by molar-refractivity contribution is 7.85. The molecule has 0 aliphatic heterocycles. The van der Waals surface area contributed by atoms with Gasteiger partial charge in [0.05, 0.1) is 16.4 Å². The number of hydrogen-bond donors (Lipinski definition) is 1. The predicted molar refractivity (Wildman–Crippen MR) is 77.2 cm³/mol. The first-order valence-electron chi connectivity index (χ1n) is 7.10. The highest BCUT2D eigenvalue weighted by Crippen LogP contribution is 2.35. The minimum absolute atomic E-state index is 0.122. The maximum Gasteiger partial charge on any atom is 0.416 e. The minimum Gasteiger partial charge on any atom is -0.330 e. The van der Waals surface area contributed by atoms with E-state index in [0.29, 0.717) is 12.5 Å². The van der Waals surface area contributed by atoms with Gasteiger partial charge in [0.2, 0.25) is 0 Å². The fourth-order valence-corrected chi connectivity index (χ4v) is 4.80. The molecule has 0 radical (unpaired) electrons. The van der Waals surface area contributed by atoms with Crippen molar-refractivity contribution in [1.29, 1.82) is 0 Å². The highest BCUT2D eigenvalue weighted by Gasteiger charge is 2.34. The van der Waals surface area contributed by atoms with E-state index in [1.807, 2.05) is 0 Å². The topological polar surface area (TPSA) is 43.1 Å². The molecule has 2 N–H and O–H groups in total. The van der Waals surface area contributed by atoms with E-state index in [1.54, 1.807) is 0 Å². The van der Waals surface area contributed by atoms with E-state index in [-0.39, 0.29) is 16.1 Å². The summed E-state index contributed by atoms with van der Waals surface area (Å²) in [6, 6.07) is 4.84. The van der Waals surface area contributed by atoms with Gasteiger partial charge in [-0.15, -0.1) is 0 Å². The number of rotatable bonds is 3. The van der Waals surface area contributed by atoms with Crippen molar-refractivity contribution in [3.8, 4) is 0 Å². The van der Waals surface area contributed by atoms with Gasteiger partial charge in [-0.1, -0.05) is 19.4 Å². The van der Waals surface area contributed by atoms with Crippen molar-refractivity contribution >= 4 is 10.8 Å². The molecule has 1 aromatic rings. The molecule has 21 heavy (non-hydrogen) atoms. The Bertz CT molecular complexity index is 518. The van der Waals surface area contributed by atoms with Crippen molar-refractivity contribution < 1.29 is 17.4 Å². The van der Waals surface area contributed by atoms with Crippen molar-refractivity contribution in [1.82, 2.24) is 0 Å². The van der Waals surface area contributed by atoms with Gasteiger partial charge < -0.3 is 5.73 Å². The van der Waals surface area contributed by atoms with Gasteiger partial charge in [0, 0.05) is 10.1 Å². The summed E-state index contributed by atoms with van der Waals surface area (Å²) < 4.78 is 51.0. The summed E-state index contributed by atoms with van der Waals surface area (Å²) in [4.78, 5) is 0.252. The van der Waals surface area contributed by atoms with Crippen LogP contribution in [0.5, 0.6) is 0 Å². The third-order valence-corrected chi connectivity index (χ3v) is 6.01. The molecule has 0 aromatic heterocycles. The van der Waals surface area contributed by atoms with Crippen molar-refractivity contribution in [2.24, 2.45) is 17.6 Å². The molecule has 6 heteroatoms. The number of benzene rings is 1. The van der Waals surface area contributed by atoms with Crippen LogP contribution in [0.1, 0.15) is 31.7 Å². The summed E-state index contributed by atoms with van der Waals surface area (Å²) in [5.74, 6) is 0.559. The second-order valence-corrected chi connectivity index (χ2v) is 7.45. The standard InChI is InChI=1S/C15H20F3NOS/c1-10-5-6-11(9-19)14(7-10)21(20)13-4-2-3-12(8-13)15(16,17)18/h2-4,8,10-11,14H,5-7,9,19H2,1H3. The van der Waals surface area contributed by atoms with Crippen LogP contribution in [0.15, 0.2) is 29.2 Å². The van der Waals surface area contributed by atoms with E-state index in [0.717, 1.165) is 31.4 Å². The summed E-state index contributed by atoms with van der Waals surface area (Å²) in [5, 5.41) is -0.151. The highest BCUT2D eigenvalue weighted by atomic mass is 32.2. The molecular weight excluding hydrogens is 299 g/mol. The molecule has 2 nitrogen and oxygen atoms in total. The van der Waals surface area contributed by atoms with Gasteiger partial charge in [-0.25, -0.2) is 0 Å². The zero-order valence-electron chi connectivity index (χ0n) is 11.9. The van der Waals surface area contributed by atoms with Gasteiger partial charge in [-0.2, -0.15) is 13.2 Å². The third kappa shape index (κ3) is 3.86. The van der Waals surface area contributed by atoms with Crippen LogP contribution >= 0.6 is 0 Å². The lowest BCUT2D eigenvalue weighted by atomic mass is 9.82. The van der Waals surface area contributed by atoms with Gasteiger partial charge >= 0.3 is 6.18 Å². The van der Waals surface area contributed by atoms with E-state index < -0.39 is 22.5 Å². The third-order valence-electron chi connectivity index (χ3n) is 4.16. The van der Waals surface area contributed by atoms with E-state index >= 15 is 0 Å². The van der Waals surface area contributed by atoms with E-state index in [2.05, 4.69) is 6.92 Å². The van der Waals surface area contributed by atoms with Gasteiger partial charge in [-0.3, -0.25) is 4.21 Å². The molecular formula is C15H20F3NOS. The Hall–Kier alpha value is -0.880. The van der Waals surface area contributed by atoms with Crippen LogP contribution in [0.2, 0.25) is 0 Å². The molecule has 4 unspecified atom stereocenters. The Morgan fingerprint density at radius 2 is 2.05 bits per heavy atom. The summed E-state index contributed by atoms with van der Waals surface area (Å²) >= 11 is 0. The second-order valence-electron chi connectivity index (χ2n) is 5.78. The molecule has 0 bridgehead atoms. The van der Waals surface area contributed by atoms with E-state index in [1.165, 1.54) is 12.1 Å². The van der Waals surface area contributed by atoms with E-state index in [9.17, 15) is 17.4 Å². The van der Waals surface area contributed by atoms with Crippen LogP contribution < -0.4 is 5.73 Å². The average molecular weight is 319 g/mol. The summed E-state index contributed by atoms with van der Waals surface area (Å²) in [7, 11) is -1.45. The fourth-order valence-electron chi connectivity index (χ4n) is 2.90. The molecule has 0 heterocycles. The smallest absolute Gasteiger partial charge is 0.330 e. The van der Waals surface area contributed by atoms with Gasteiger partial charge in [0.1, 0.15) is 0 Å². The molecule has 0 amide bonds. The lowest BCUT2D eigenvalue weighted by molar-refractivity contribution is -0.137. The van der Waals surface area contributed by atoms with Crippen LogP contribution in [0.4, 0.5) is 13.2 Å². The molecule has 1 saturated carbocycles. The van der Waals surface area contributed by atoms with E-state index in [4.69, 9.17) is 5.73 Å². The van der Waals surface area contributed by atoms with Crippen molar-refractivity contribution in [2.45, 2.75) is 42.5 Å². The zero-order chi connectivity index (χ0) is 15.6. The lowest BCUT2D eigenvalue weighted by Gasteiger charge is -2.33. The first-order chi connectivity index (χ1) is 9.82. The Balaban J connectivity index is 2.26. The predicted octanol–water partition coefficient (Wildman–Crippen LogP) is 3.58. The lowest BCUT2D eigenvalue weighted by Crippen LogP contribution is -2.36. The molecule has 1 aliphatic carbocycles. The molecule has 0 saturated heterocycles. The van der Waals surface area contributed by atoms with Crippen LogP contribution in [-0.4, -0.2) is 16.0 Å². The molecule has 4 atom stereocenters. The van der Waals surface area contributed by atoms with Crippen LogP contribution in [-0.2, 0) is 17.0 Å². The Labute approximate surface area is 125 Å². The number of halogens is 3. The number of hydrogen-bond acceptors (Lipinski definition) is 2. The number of nitrogens with two attached hydrogens (primary N) is 1. The molecule has 1 aromatic carbocycles. The molecule has 118 valence electrons. The van der Waals surface area contributed by atoms with Gasteiger partial charge in [0.25, 0.3) is 0 Å². The molecule has 0 spiro atoms. The SMILES string of the molecule is CC1CCC(CN)C(S(=O)c2cccc(C(F)(F)F)c2)C1. The summed E-state index contributed by atoms with van der Waals surface area (Å²) in [5.41, 5.74) is 4.99. The minimum atomic E-state index is -4.41. The summed E-state index contributed by atoms with van der Waals surface area (Å²) in [6.07, 6.45) is -1.72. The van der Waals surface area contributed by atoms with Gasteiger partial charge in [-0.05, 0) is 49.4 Å². The molecule has 2 rings (SSSR count). The molecule has 1 fully saturated rings. The fraction of sp³-hybridized carbons (Fsp3) is 0.600. The first kappa shape index (κ1) is 16.5. The van der Waals surface area contributed by atoms with Crippen LogP contribution in [0, 0.1) is 11.8 Å². The monoisotopic (exact) mass is 319 g/mol. The average Bonchev–Trinajstić information content (AvgIpc) is 2.45. The molecule has 1 aliphatic rings. The second kappa shape index (κ2) is 6.48. The Morgan fingerprint density at radius 1 is 1.33 bits per heavy atom. The first-order valence-corrected chi connectivity index (χ1v) is 8.32. The van der Waals surface area contributed by atoms with Crippen molar-refractivity contribution in [2.75, 3.05) is 6.54 Å². The normalized spacial score (nSPS) is 28.3. The summed E-state index contributed by atoms with van der Waals surface area (Å²) in [6.45, 7) is 2.52. The van der Waals surface area contributed by atoms with Crippen molar-refractivity contribution in [3.05, 3.63) is 29.8 Å². The van der Waals surface area contributed by atoms with Crippen LogP contribution in [0.25, 0.3) is 0 Å². The zero-order valence-corrected chi connectivity index (χ0v) is 12.7.